The van der Waals surface area contributed by atoms with E-state index >= 15 is 0 Å². The van der Waals surface area contributed by atoms with E-state index in [1.807, 2.05) is 18.2 Å². The first-order valence-electron chi connectivity index (χ1n) is 8.91. The Bertz CT molecular complexity index is 945. The second kappa shape index (κ2) is 8.00. The summed E-state index contributed by atoms with van der Waals surface area (Å²) in [5.74, 6) is -0.0713. The Morgan fingerprint density at radius 2 is 1.85 bits per heavy atom. The predicted octanol–water partition coefficient (Wildman–Crippen LogP) is 3.54. The number of nitrogens with zero attached hydrogens (tertiary/aromatic N) is 1. The number of hydrogen-bond acceptors (Lipinski definition) is 3. The van der Waals surface area contributed by atoms with Crippen molar-refractivity contribution in [3.05, 3.63) is 64.2 Å². The summed E-state index contributed by atoms with van der Waals surface area (Å²) in [5.41, 5.74) is 1.93. The third-order valence-corrected chi connectivity index (χ3v) is 6.87. The van der Waals surface area contributed by atoms with E-state index in [1.165, 1.54) is 0 Å². The number of halogens is 1. The quantitative estimate of drug-likeness (QED) is 0.844. The van der Waals surface area contributed by atoms with E-state index in [1.54, 1.807) is 43.0 Å². The Labute approximate surface area is 165 Å². The van der Waals surface area contributed by atoms with Gasteiger partial charge in [-0.15, -0.1) is 0 Å². The predicted molar refractivity (Wildman–Crippen MR) is 107 cm³/mol. The topological polar surface area (TPSA) is 66.5 Å². The Morgan fingerprint density at radius 3 is 2.56 bits per heavy atom. The second-order valence-corrected chi connectivity index (χ2v) is 9.03. The molecule has 7 heteroatoms. The number of nitrogens with one attached hydrogen (secondary N) is 1. The van der Waals surface area contributed by atoms with Gasteiger partial charge in [0.15, 0.2) is 0 Å². The number of carbonyl (C=O) groups excluding carboxylic acids is 1. The van der Waals surface area contributed by atoms with Gasteiger partial charge in [-0.05, 0) is 62.1 Å². The molecule has 1 fully saturated rings. The van der Waals surface area contributed by atoms with Crippen LogP contribution < -0.4 is 4.72 Å². The van der Waals surface area contributed by atoms with E-state index in [2.05, 4.69) is 4.72 Å². The van der Waals surface area contributed by atoms with E-state index in [4.69, 9.17) is 11.6 Å². The maximum absolute atomic E-state index is 12.9. The van der Waals surface area contributed by atoms with Crippen LogP contribution in [0, 0.1) is 13.8 Å². The van der Waals surface area contributed by atoms with Crippen LogP contribution in [0.2, 0.25) is 5.02 Å². The van der Waals surface area contributed by atoms with Gasteiger partial charge in [-0.25, -0.2) is 13.1 Å². The van der Waals surface area contributed by atoms with Crippen LogP contribution in [0.3, 0.4) is 0 Å². The van der Waals surface area contributed by atoms with Crippen LogP contribution in [-0.2, 0) is 10.0 Å². The summed E-state index contributed by atoms with van der Waals surface area (Å²) in [6, 6.07) is 12.0. The number of benzene rings is 2. The van der Waals surface area contributed by atoms with Crippen LogP contribution >= 0.6 is 11.6 Å². The van der Waals surface area contributed by atoms with Gasteiger partial charge in [0, 0.05) is 29.7 Å². The third kappa shape index (κ3) is 4.51. The lowest BCUT2D eigenvalue weighted by Crippen LogP contribution is -2.49. The number of aryl methyl sites for hydroxylation is 2. The zero-order valence-electron chi connectivity index (χ0n) is 15.4. The van der Waals surface area contributed by atoms with Crippen molar-refractivity contribution in [2.24, 2.45) is 0 Å². The Morgan fingerprint density at radius 1 is 1.15 bits per heavy atom. The minimum atomic E-state index is -3.69. The number of rotatable bonds is 4. The maximum atomic E-state index is 12.9. The highest BCUT2D eigenvalue weighted by Gasteiger charge is 2.29. The van der Waals surface area contributed by atoms with Gasteiger partial charge in [-0.1, -0.05) is 29.8 Å². The van der Waals surface area contributed by atoms with E-state index in [-0.39, 0.29) is 16.8 Å². The van der Waals surface area contributed by atoms with Gasteiger partial charge in [0.1, 0.15) is 0 Å². The molecule has 2 aromatic carbocycles. The molecule has 0 aliphatic carbocycles. The average Bonchev–Trinajstić information content (AvgIpc) is 2.64. The zero-order valence-corrected chi connectivity index (χ0v) is 17.0. The summed E-state index contributed by atoms with van der Waals surface area (Å²) in [4.78, 5) is 14.6. The lowest BCUT2D eigenvalue weighted by Gasteiger charge is -2.33. The molecule has 144 valence electrons. The van der Waals surface area contributed by atoms with Crippen molar-refractivity contribution in [3.8, 4) is 0 Å². The highest BCUT2D eigenvalue weighted by molar-refractivity contribution is 7.89. The number of piperidine rings is 1. The van der Waals surface area contributed by atoms with Crippen molar-refractivity contribution >= 4 is 27.5 Å². The van der Waals surface area contributed by atoms with Crippen molar-refractivity contribution in [2.75, 3.05) is 13.1 Å². The molecule has 1 atom stereocenters. The molecule has 0 aromatic heterocycles. The molecule has 0 saturated carbocycles. The highest BCUT2D eigenvalue weighted by atomic mass is 35.5. The fourth-order valence-electron chi connectivity index (χ4n) is 3.35. The number of hydrogen-bond donors (Lipinski definition) is 1. The maximum Gasteiger partial charge on any atom is 0.253 e. The molecule has 0 bridgehead atoms. The fourth-order valence-corrected chi connectivity index (χ4v) is 5.14. The van der Waals surface area contributed by atoms with Gasteiger partial charge in [-0.2, -0.15) is 0 Å². The first-order chi connectivity index (χ1) is 12.8. The van der Waals surface area contributed by atoms with Crippen molar-refractivity contribution in [3.63, 3.8) is 0 Å². The normalized spacial score (nSPS) is 17.7. The van der Waals surface area contributed by atoms with E-state index in [0.29, 0.717) is 41.2 Å². The molecular weight excluding hydrogens is 384 g/mol. The fraction of sp³-hybridized carbons (Fsp3) is 0.350. The minimum Gasteiger partial charge on any atom is -0.337 e. The molecule has 1 heterocycles. The Hall–Kier alpha value is -1.89. The lowest BCUT2D eigenvalue weighted by molar-refractivity contribution is 0.0703. The van der Waals surface area contributed by atoms with E-state index in [9.17, 15) is 13.2 Å². The van der Waals surface area contributed by atoms with Crippen molar-refractivity contribution in [1.29, 1.82) is 0 Å². The van der Waals surface area contributed by atoms with E-state index < -0.39 is 10.0 Å². The monoisotopic (exact) mass is 406 g/mol. The molecule has 1 N–H and O–H groups in total. The third-order valence-electron chi connectivity index (χ3n) is 4.80. The molecule has 0 radical (unpaired) electrons. The molecule has 3 rings (SSSR count). The number of likely N-dealkylation sites (tertiary alicyclic amines) is 1. The van der Waals surface area contributed by atoms with Crippen LogP contribution in [0.5, 0.6) is 0 Å². The second-order valence-electron chi connectivity index (χ2n) is 6.94. The van der Waals surface area contributed by atoms with Crippen molar-refractivity contribution in [2.45, 2.75) is 37.6 Å². The standard InChI is InChI=1S/C20H23ClN2O3S/c1-14-12-19(15(2)11-18(14)21)27(25,26)22-17-9-6-10-23(13-17)20(24)16-7-4-3-5-8-16/h3-5,7-8,11-12,17,22H,6,9-10,13H2,1-2H3/t17-/m0/s1. The molecule has 1 saturated heterocycles. The minimum absolute atomic E-state index is 0.0713. The average molecular weight is 407 g/mol. The molecular formula is C20H23ClN2O3S. The smallest absolute Gasteiger partial charge is 0.253 e. The molecule has 1 aliphatic rings. The lowest BCUT2D eigenvalue weighted by atomic mass is 10.1. The molecule has 2 aromatic rings. The first kappa shape index (κ1) is 19.9. The van der Waals surface area contributed by atoms with Crippen LogP contribution in [-0.4, -0.2) is 38.4 Å². The van der Waals surface area contributed by atoms with Crippen molar-refractivity contribution in [1.82, 2.24) is 9.62 Å². The van der Waals surface area contributed by atoms with Crippen LogP contribution in [0.1, 0.15) is 34.3 Å². The number of amides is 1. The summed E-state index contributed by atoms with van der Waals surface area (Å²) in [5, 5.41) is 0.545. The van der Waals surface area contributed by atoms with Gasteiger partial charge in [0.05, 0.1) is 4.90 Å². The number of sulfonamides is 1. The van der Waals surface area contributed by atoms with Gasteiger partial charge < -0.3 is 4.90 Å². The Balaban J connectivity index is 1.75. The highest BCUT2D eigenvalue weighted by Crippen LogP contribution is 2.25. The van der Waals surface area contributed by atoms with Crippen LogP contribution in [0.25, 0.3) is 0 Å². The summed E-state index contributed by atoms with van der Waals surface area (Å²) < 4.78 is 28.5. The first-order valence-corrected chi connectivity index (χ1v) is 10.8. The zero-order chi connectivity index (χ0) is 19.6. The molecule has 0 spiro atoms. The molecule has 27 heavy (non-hydrogen) atoms. The molecule has 0 unspecified atom stereocenters. The van der Waals surface area contributed by atoms with Gasteiger partial charge in [0.25, 0.3) is 5.91 Å². The molecule has 1 amide bonds. The number of carbonyl (C=O) groups is 1. The summed E-state index contributed by atoms with van der Waals surface area (Å²) >= 11 is 6.08. The Kier molecular flexibility index (Phi) is 5.89. The van der Waals surface area contributed by atoms with Crippen LogP contribution in [0.15, 0.2) is 47.4 Å². The van der Waals surface area contributed by atoms with E-state index in [0.717, 1.165) is 6.42 Å². The van der Waals surface area contributed by atoms with Crippen molar-refractivity contribution < 1.29 is 13.2 Å². The van der Waals surface area contributed by atoms with Crippen LogP contribution in [0.4, 0.5) is 0 Å². The molecule has 1 aliphatic heterocycles. The summed E-state index contributed by atoms with van der Waals surface area (Å²) in [7, 11) is -3.69. The van der Waals surface area contributed by atoms with Gasteiger partial charge in [0.2, 0.25) is 10.0 Å². The van der Waals surface area contributed by atoms with Gasteiger partial charge >= 0.3 is 0 Å². The summed E-state index contributed by atoms with van der Waals surface area (Å²) in [6.45, 7) is 4.50. The SMILES string of the molecule is Cc1cc(S(=O)(=O)N[C@H]2CCCN(C(=O)c3ccccc3)C2)c(C)cc1Cl. The summed E-state index contributed by atoms with van der Waals surface area (Å²) in [6.07, 6.45) is 1.45. The molecule has 5 nitrogen and oxygen atoms in total. The largest absolute Gasteiger partial charge is 0.337 e. The van der Waals surface area contributed by atoms with Gasteiger partial charge in [-0.3, -0.25) is 4.79 Å².